The summed E-state index contributed by atoms with van der Waals surface area (Å²) in [6.45, 7) is 3.10. The molecule has 0 bridgehead atoms. The molecule has 1 N–H and O–H groups in total. The number of rotatable bonds is 1. The van der Waals surface area contributed by atoms with E-state index in [1.165, 1.54) is 12.0 Å². The smallest absolute Gasteiger partial charge is 0.0994 e. The third-order valence-corrected chi connectivity index (χ3v) is 2.60. The van der Waals surface area contributed by atoms with Gasteiger partial charge >= 0.3 is 0 Å². The van der Waals surface area contributed by atoms with E-state index in [0.717, 1.165) is 17.7 Å². The van der Waals surface area contributed by atoms with Crippen LogP contribution in [0.1, 0.15) is 29.2 Å². The Labute approximate surface area is 78.2 Å². The van der Waals surface area contributed by atoms with E-state index >= 15 is 0 Å². The Kier molecular flexibility index (Phi) is 2.03. The molecule has 66 valence electrons. The van der Waals surface area contributed by atoms with E-state index < -0.39 is 0 Å². The summed E-state index contributed by atoms with van der Waals surface area (Å²) in [7, 11) is 0. The average Bonchev–Trinajstić information content (AvgIpc) is 2.01. The van der Waals surface area contributed by atoms with Crippen molar-refractivity contribution in [3.05, 3.63) is 34.9 Å². The number of benzene rings is 1. The second kappa shape index (κ2) is 3.20. The Hall–Kier alpha value is -1.33. The molecule has 0 radical (unpaired) electrons. The van der Waals surface area contributed by atoms with Gasteiger partial charge in [-0.15, -0.1) is 0 Å². The topological polar surface area (TPSA) is 35.8 Å². The van der Waals surface area contributed by atoms with Gasteiger partial charge in [0, 0.05) is 6.04 Å². The molecule has 0 aliphatic carbocycles. The first-order chi connectivity index (χ1) is 6.31. The third kappa shape index (κ3) is 1.43. The highest BCUT2D eigenvalue weighted by atomic mass is 15.0. The van der Waals surface area contributed by atoms with Gasteiger partial charge in [-0.05, 0) is 37.1 Å². The Morgan fingerprint density at radius 2 is 2.31 bits per heavy atom. The Bertz CT molecular complexity index is 359. The lowest BCUT2D eigenvalue weighted by Crippen LogP contribution is -2.34. The predicted molar refractivity (Wildman–Crippen MR) is 51.3 cm³/mol. The minimum Gasteiger partial charge on any atom is -0.310 e. The number of hydrogen-bond donors (Lipinski definition) is 1. The number of nitriles is 1. The van der Waals surface area contributed by atoms with Gasteiger partial charge in [0.25, 0.3) is 0 Å². The zero-order chi connectivity index (χ0) is 9.26. The highest BCUT2D eigenvalue weighted by Gasteiger charge is 2.18. The number of hydrogen-bond acceptors (Lipinski definition) is 2. The molecular weight excluding hydrogens is 160 g/mol. The summed E-state index contributed by atoms with van der Waals surface area (Å²) in [4.78, 5) is 0. The number of nitrogens with zero attached hydrogens (tertiary/aromatic N) is 1. The average molecular weight is 172 g/mol. The molecule has 1 aromatic carbocycles. The van der Waals surface area contributed by atoms with Gasteiger partial charge in [-0.3, -0.25) is 0 Å². The maximum Gasteiger partial charge on any atom is 0.0994 e. The standard InChI is InChI=1S/C11H12N2/c1-8-6-9(11-4-5-13-11)2-3-10(8)7-12/h2-3,6,11,13H,4-5H2,1H3/t11-/m0/s1. The van der Waals surface area contributed by atoms with Crippen molar-refractivity contribution < 1.29 is 0 Å². The molecule has 13 heavy (non-hydrogen) atoms. The zero-order valence-corrected chi connectivity index (χ0v) is 7.67. The fraction of sp³-hybridized carbons (Fsp3) is 0.364. The fourth-order valence-electron chi connectivity index (χ4n) is 1.60. The summed E-state index contributed by atoms with van der Waals surface area (Å²) in [5.41, 5.74) is 3.17. The molecular formula is C11H12N2. The molecule has 0 amide bonds. The van der Waals surface area contributed by atoms with Crippen molar-refractivity contribution in [2.45, 2.75) is 19.4 Å². The summed E-state index contributed by atoms with van der Waals surface area (Å²) >= 11 is 0. The van der Waals surface area contributed by atoms with Crippen LogP contribution in [0.3, 0.4) is 0 Å². The molecule has 1 fully saturated rings. The summed E-state index contributed by atoms with van der Waals surface area (Å²) in [5, 5.41) is 12.1. The second-order valence-corrected chi connectivity index (χ2v) is 3.48. The van der Waals surface area contributed by atoms with Crippen molar-refractivity contribution in [1.29, 1.82) is 5.26 Å². The Morgan fingerprint density at radius 1 is 1.54 bits per heavy atom. The first kappa shape index (κ1) is 8.28. The molecule has 1 saturated heterocycles. The minimum atomic E-state index is 0.520. The SMILES string of the molecule is Cc1cc([C@@H]2CCN2)ccc1C#N. The Morgan fingerprint density at radius 3 is 2.77 bits per heavy atom. The van der Waals surface area contributed by atoms with Crippen LogP contribution in [0.15, 0.2) is 18.2 Å². The van der Waals surface area contributed by atoms with Crippen LogP contribution in [-0.2, 0) is 0 Å². The quantitative estimate of drug-likeness (QED) is 0.702. The van der Waals surface area contributed by atoms with Crippen LogP contribution in [0.2, 0.25) is 0 Å². The molecule has 1 aliphatic heterocycles. The van der Waals surface area contributed by atoms with Gasteiger partial charge in [0.15, 0.2) is 0 Å². The maximum atomic E-state index is 8.75. The molecule has 0 saturated carbocycles. The first-order valence-electron chi connectivity index (χ1n) is 4.55. The highest BCUT2D eigenvalue weighted by molar-refractivity contribution is 5.40. The second-order valence-electron chi connectivity index (χ2n) is 3.48. The number of nitrogens with one attached hydrogen (secondary N) is 1. The first-order valence-corrected chi connectivity index (χ1v) is 4.55. The monoisotopic (exact) mass is 172 g/mol. The molecule has 2 rings (SSSR count). The Balaban J connectivity index is 2.30. The number of aryl methyl sites for hydroxylation is 1. The van der Waals surface area contributed by atoms with Crippen LogP contribution in [0.25, 0.3) is 0 Å². The molecule has 1 aromatic rings. The highest BCUT2D eigenvalue weighted by Crippen LogP contribution is 2.24. The fourth-order valence-corrected chi connectivity index (χ4v) is 1.60. The van der Waals surface area contributed by atoms with E-state index in [4.69, 9.17) is 5.26 Å². The van der Waals surface area contributed by atoms with Crippen LogP contribution in [-0.4, -0.2) is 6.54 Å². The minimum absolute atomic E-state index is 0.520. The summed E-state index contributed by atoms with van der Waals surface area (Å²) in [6.07, 6.45) is 1.21. The molecule has 0 unspecified atom stereocenters. The molecule has 0 spiro atoms. The molecule has 2 nitrogen and oxygen atoms in total. The molecule has 2 heteroatoms. The van der Waals surface area contributed by atoms with Gasteiger partial charge in [-0.2, -0.15) is 5.26 Å². The van der Waals surface area contributed by atoms with Gasteiger partial charge in [0.05, 0.1) is 11.6 Å². The van der Waals surface area contributed by atoms with Crippen molar-refractivity contribution in [1.82, 2.24) is 5.32 Å². The maximum absolute atomic E-state index is 8.75. The summed E-state index contributed by atoms with van der Waals surface area (Å²) < 4.78 is 0. The van der Waals surface area contributed by atoms with Crippen LogP contribution in [0.5, 0.6) is 0 Å². The van der Waals surface area contributed by atoms with Crippen molar-refractivity contribution in [3.8, 4) is 6.07 Å². The molecule has 1 aliphatic rings. The predicted octanol–water partition coefficient (Wildman–Crippen LogP) is 1.90. The lowest BCUT2D eigenvalue weighted by molar-refractivity contribution is 0.383. The van der Waals surface area contributed by atoms with Gasteiger partial charge < -0.3 is 5.32 Å². The third-order valence-electron chi connectivity index (χ3n) is 2.60. The van der Waals surface area contributed by atoms with Crippen molar-refractivity contribution in [2.75, 3.05) is 6.54 Å². The van der Waals surface area contributed by atoms with E-state index in [1.54, 1.807) is 0 Å². The van der Waals surface area contributed by atoms with E-state index in [2.05, 4.69) is 17.5 Å². The van der Waals surface area contributed by atoms with Crippen molar-refractivity contribution >= 4 is 0 Å². The van der Waals surface area contributed by atoms with E-state index in [0.29, 0.717) is 6.04 Å². The molecule has 1 atom stereocenters. The van der Waals surface area contributed by atoms with Gasteiger partial charge in [-0.1, -0.05) is 12.1 Å². The van der Waals surface area contributed by atoms with Gasteiger partial charge in [0.2, 0.25) is 0 Å². The zero-order valence-electron chi connectivity index (χ0n) is 7.67. The van der Waals surface area contributed by atoms with Crippen LogP contribution < -0.4 is 5.32 Å². The summed E-state index contributed by atoms with van der Waals surface area (Å²) in [6, 6.07) is 8.75. The van der Waals surface area contributed by atoms with E-state index in [9.17, 15) is 0 Å². The summed E-state index contributed by atoms with van der Waals surface area (Å²) in [5.74, 6) is 0. The van der Waals surface area contributed by atoms with Crippen molar-refractivity contribution in [2.24, 2.45) is 0 Å². The van der Waals surface area contributed by atoms with Crippen LogP contribution in [0, 0.1) is 18.3 Å². The molecule has 0 aromatic heterocycles. The van der Waals surface area contributed by atoms with E-state index in [1.807, 2.05) is 19.1 Å². The normalized spacial score (nSPS) is 20.5. The van der Waals surface area contributed by atoms with Crippen LogP contribution >= 0.6 is 0 Å². The lowest BCUT2D eigenvalue weighted by Gasteiger charge is -2.28. The van der Waals surface area contributed by atoms with E-state index in [-0.39, 0.29) is 0 Å². The van der Waals surface area contributed by atoms with Gasteiger partial charge in [0.1, 0.15) is 0 Å². The van der Waals surface area contributed by atoms with Gasteiger partial charge in [-0.25, -0.2) is 0 Å². The lowest BCUT2D eigenvalue weighted by atomic mass is 9.95. The van der Waals surface area contributed by atoms with Crippen LogP contribution in [0.4, 0.5) is 0 Å². The largest absolute Gasteiger partial charge is 0.310 e. The molecule has 1 heterocycles. The van der Waals surface area contributed by atoms with Crippen molar-refractivity contribution in [3.63, 3.8) is 0 Å².